The molecule has 12 aromatic carbocycles. The summed E-state index contributed by atoms with van der Waals surface area (Å²) >= 11 is 0. The number of nitrogens with zero attached hydrogens (tertiary/aromatic N) is 2. The lowest BCUT2D eigenvalue weighted by atomic mass is 9.82. The molecule has 0 unspecified atom stereocenters. The number of hydrogen-bond donors (Lipinski definition) is 0. The average molecular weight is 953 g/mol. The molecule has 0 bridgehead atoms. The number of para-hydroxylation sites is 4. The van der Waals surface area contributed by atoms with Crippen molar-refractivity contribution in [2.75, 3.05) is 9.80 Å². The fourth-order valence-corrected chi connectivity index (χ4v) is 18.7. The number of anilines is 6. The molecule has 0 saturated heterocycles. The first-order chi connectivity index (χ1) is 35.3. The zero-order valence-corrected chi connectivity index (χ0v) is 43.0. The van der Waals surface area contributed by atoms with Crippen molar-refractivity contribution in [1.29, 1.82) is 0 Å². The molecule has 0 aliphatic carbocycles. The first-order valence-corrected chi connectivity index (χ1v) is 31.3. The molecule has 14 rings (SSSR count). The Morgan fingerprint density at radius 1 is 0.264 bits per heavy atom. The van der Waals surface area contributed by atoms with Crippen molar-refractivity contribution in [3.05, 3.63) is 243 Å². The molecule has 0 atom stereocenters. The minimum Gasteiger partial charge on any atom is -0.311 e. The van der Waals surface area contributed by atoms with E-state index in [-0.39, 0.29) is 0 Å². The second-order valence-electron chi connectivity index (χ2n) is 20.8. The van der Waals surface area contributed by atoms with Gasteiger partial charge in [0, 0.05) is 34.1 Å². The third-order valence-corrected chi connectivity index (χ3v) is 23.3. The van der Waals surface area contributed by atoms with Crippen LogP contribution in [0.5, 0.6) is 0 Å². The van der Waals surface area contributed by atoms with Gasteiger partial charge < -0.3 is 9.80 Å². The minimum atomic E-state index is -2.02. The van der Waals surface area contributed by atoms with Crippen LogP contribution in [0.4, 0.5) is 34.1 Å². The van der Waals surface area contributed by atoms with Crippen LogP contribution >= 0.6 is 0 Å². The van der Waals surface area contributed by atoms with Crippen LogP contribution in [0.3, 0.4) is 0 Å². The zero-order chi connectivity index (χ0) is 48.3. The topological polar surface area (TPSA) is 6.48 Å². The molecule has 0 N–H and O–H groups in total. The summed E-state index contributed by atoms with van der Waals surface area (Å²) in [7, 11) is -4.03. The van der Waals surface area contributed by atoms with Crippen molar-refractivity contribution in [3.8, 4) is 33.4 Å². The molecule has 4 heteroatoms. The van der Waals surface area contributed by atoms with Crippen LogP contribution in [0.15, 0.2) is 243 Å². The molecular formula is C68H52N2Si2. The number of rotatable bonds is 5. The van der Waals surface area contributed by atoms with E-state index in [1.165, 1.54) is 120 Å². The summed E-state index contributed by atoms with van der Waals surface area (Å²) < 4.78 is 0. The lowest BCUT2D eigenvalue weighted by Gasteiger charge is -2.41. The van der Waals surface area contributed by atoms with Gasteiger partial charge >= 0.3 is 0 Å². The van der Waals surface area contributed by atoms with Gasteiger partial charge in [0.15, 0.2) is 0 Å². The smallest absolute Gasteiger partial charge is 0.117 e. The van der Waals surface area contributed by atoms with Gasteiger partial charge in [-0.05, 0) is 152 Å². The number of fused-ring (bicyclic) bond motifs is 8. The van der Waals surface area contributed by atoms with Gasteiger partial charge in [0.1, 0.15) is 16.1 Å². The molecule has 0 radical (unpaired) electrons. The Labute approximate surface area is 423 Å². The summed E-state index contributed by atoms with van der Waals surface area (Å²) in [6.45, 7) is 10.0. The second-order valence-corrected chi connectivity index (χ2v) is 29.5. The Kier molecular flexibility index (Phi) is 9.54. The largest absolute Gasteiger partial charge is 0.311 e. The molecule has 72 heavy (non-hydrogen) atoms. The molecule has 0 amide bonds. The molecule has 2 nitrogen and oxygen atoms in total. The first-order valence-electron chi connectivity index (χ1n) is 25.3. The molecule has 342 valence electrons. The van der Waals surface area contributed by atoms with E-state index in [2.05, 4.69) is 279 Å². The highest BCUT2D eigenvalue weighted by molar-refractivity contribution is 7.03. The maximum atomic E-state index is 2.54. The molecule has 2 aliphatic rings. The Morgan fingerprint density at radius 2 is 0.667 bits per heavy atom. The molecule has 0 fully saturated rings. The van der Waals surface area contributed by atoms with Crippen LogP contribution < -0.4 is 30.5 Å². The van der Waals surface area contributed by atoms with Crippen LogP contribution in [-0.4, -0.2) is 16.1 Å². The SMILES string of the molecule is C[Si]1(C)c2ccccc2N(c2ccc3c(-c4cccc5ccccc45)c4cc(N5c6ccccc6[Si](C)(C)c6ccccc65)ccc4c(-c4ccccc4-c4ccc5ccccc5c4)c3c2)c2ccccc21. The van der Waals surface area contributed by atoms with E-state index in [1.807, 2.05) is 0 Å². The zero-order valence-electron chi connectivity index (χ0n) is 41.0. The van der Waals surface area contributed by atoms with E-state index in [9.17, 15) is 0 Å². The van der Waals surface area contributed by atoms with Gasteiger partial charge in [-0.25, -0.2) is 0 Å². The summed E-state index contributed by atoms with van der Waals surface area (Å²) in [5.74, 6) is 0. The maximum Gasteiger partial charge on any atom is 0.117 e. The molecule has 12 aromatic rings. The maximum absolute atomic E-state index is 2.54. The quantitative estimate of drug-likeness (QED) is 0.125. The molecule has 0 spiro atoms. The van der Waals surface area contributed by atoms with Gasteiger partial charge in [0.2, 0.25) is 0 Å². The van der Waals surface area contributed by atoms with Gasteiger partial charge in [-0.2, -0.15) is 0 Å². The van der Waals surface area contributed by atoms with Gasteiger partial charge in [0.05, 0.1) is 0 Å². The lowest BCUT2D eigenvalue weighted by molar-refractivity contribution is 1.29. The van der Waals surface area contributed by atoms with Gasteiger partial charge in [-0.1, -0.05) is 214 Å². The minimum absolute atomic E-state index is 1.16. The van der Waals surface area contributed by atoms with Crippen molar-refractivity contribution in [2.24, 2.45) is 0 Å². The Balaban J connectivity index is 1.13. The number of benzene rings is 12. The Bertz CT molecular complexity index is 4100. The van der Waals surface area contributed by atoms with Gasteiger partial charge in [0.25, 0.3) is 0 Å². The van der Waals surface area contributed by atoms with E-state index < -0.39 is 16.1 Å². The summed E-state index contributed by atoms with van der Waals surface area (Å²) in [5.41, 5.74) is 14.8. The van der Waals surface area contributed by atoms with Crippen molar-refractivity contribution in [1.82, 2.24) is 0 Å². The van der Waals surface area contributed by atoms with Crippen LogP contribution in [0.2, 0.25) is 26.2 Å². The van der Waals surface area contributed by atoms with Crippen LogP contribution in [0, 0.1) is 0 Å². The van der Waals surface area contributed by atoms with E-state index in [4.69, 9.17) is 0 Å². The lowest BCUT2D eigenvalue weighted by Crippen LogP contribution is -2.58. The normalized spacial score (nSPS) is 14.3. The summed E-state index contributed by atoms with van der Waals surface area (Å²) in [6, 6.07) is 91.9. The predicted octanol–water partition coefficient (Wildman–Crippen LogP) is 16.5. The van der Waals surface area contributed by atoms with E-state index >= 15 is 0 Å². The molecule has 0 aromatic heterocycles. The van der Waals surface area contributed by atoms with E-state index in [0.29, 0.717) is 0 Å². The van der Waals surface area contributed by atoms with E-state index in [0.717, 1.165) is 11.4 Å². The third kappa shape index (κ3) is 6.32. The standard InChI is InChI=1S/C68H52N2Si2/c1-71(2)63-32-15-11-28-59(63)69(60-29-12-16-33-64(60)71)49-39-41-56-57(43-49)67(53-26-10-9-25-52(53)48-37-36-45-20-5-6-22-47(45)42-48)55-40-38-50(44-58(55)68(56)54-27-19-23-46-21-7-8-24-51(46)54)70-61-30-13-17-34-65(61)72(3,4)66-35-18-14-31-62(66)70/h5-44H,1-4H3. The molecule has 0 saturated carbocycles. The molecular weight excluding hydrogens is 901 g/mol. The summed E-state index contributed by atoms with van der Waals surface area (Å²) in [6.07, 6.45) is 0. The molecule has 2 heterocycles. The third-order valence-electron chi connectivity index (χ3n) is 16.2. The second kappa shape index (κ2) is 16.1. The highest BCUT2D eigenvalue weighted by Crippen LogP contribution is 2.51. The predicted molar refractivity (Wildman–Crippen MR) is 316 cm³/mol. The summed E-state index contributed by atoms with van der Waals surface area (Å²) in [4.78, 5) is 5.09. The van der Waals surface area contributed by atoms with Crippen molar-refractivity contribution in [3.63, 3.8) is 0 Å². The number of hydrogen-bond acceptors (Lipinski definition) is 2. The highest BCUT2D eigenvalue weighted by Gasteiger charge is 2.40. The van der Waals surface area contributed by atoms with Crippen LogP contribution in [0.1, 0.15) is 0 Å². The Morgan fingerprint density at radius 3 is 1.21 bits per heavy atom. The first kappa shape index (κ1) is 42.6. The Hall–Kier alpha value is -8.29. The fraction of sp³-hybridized carbons (Fsp3) is 0.0588. The van der Waals surface area contributed by atoms with Crippen LogP contribution in [-0.2, 0) is 0 Å². The van der Waals surface area contributed by atoms with Crippen LogP contribution in [0.25, 0.3) is 76.5 Å². The average Bonchev–Trinajstić information content (AvgIpc) is 3.43. The van der Waals surface area contributed by atoms with Gasteiger partial charge in [-0.15, -0.1) is 0 Å². The highest BCUT2D eigenvalue weighted by atomic mass is 28.3. The monoisotopic (exact) mass is 952 g/mol. The summed E-state index contributed by atoms with van der Waals surface area (Å²) in [5, 5.41) is 15.7. The van der Waals surface area contributed by atoms with Crippen molar-refractivity contribution >= 4 is 114 Å². The van der Waals surface area contributed by atoms with Crippen molar-refractivity contribution in [2.45, 2.75) is 26.2 Å². The van der Waals surface area contributed by atoms with E-state index in [1.54, 1.807) is 0 Å². The van der Waals surface area contributed by atoms with Crippen molar-refractivity contribution < 1.29 is 0 Å². The molecule has 2 aliphatic heterocycles. The fourth-order valence-electron chi connectivity index (χ4n) is 12.7. The van der Waals surface area contributed by atoms with Gasteiger partial charge in [-0.3, -0.25) is 0 Å².